The highest BCUT2D eigenvalue weighted by molar-refractivity contribution is 6.02. The van der Waals surface area contributed by atoms with Crippen LogP contribution >= 0.6 is 0 Å². The van der Waals surface area contributed by atoms with Gasteiger partial charge in [-0.2, -0.15) is 5.26 Å². The highest BCUT2D eigenvalue weighted by atomic mass is 16.5. The van der Waals surface area contributed by atoms with Crippen LogP contribution in [0, 0.1) is 16.7 Å². The van der Waals surface area contributed by atoms with Crippen LogP contribution in [0.5, 0.6) is 5.75 Å². The fraction of sp³-hybridized carbons (Fsp3) is 0.333. The van der Waals surface area contributed by atoms with Crippen molar-refractivity contribution in [3.63, 3.8) is 0 Å². The summed E-state index contributed by atoms with van der Waals surface area (Å²) in [4.78, 5) is 13.2. The quantitative estimate of drug-likeness (QED) is 0.824. The fourth-order valence-corrected chi connectivity index (χ4v) is 4.42. The van der Waals surface area contributed by atoms with Crippen molar-refractivity contribution in [1.29, 1.82) is 5.26 Å². The van der Waals surface area contributed by atoms with E-state index in [1.54, 1.807) is 0 Å². The minimum atomic E-state index is -0.534. The number of rotatable bonds is 3. The molecule has 0 amide bonds. The first-order valence-corrected chi connectivity index (χ1v) is 9.84. The van der Waals surface area contributed by atoms with E-state index < -0.39 is 5.92 Å². The number of ether oxygens (including phenoxy) is 2. The molecule has 4 rings (SSSR count). The molecule has 0 fully saturated rings. The van der Waals surface area contributed by atoms with Crippen molar-refractivity contribution < 1.29 is 14.3 Å². The van der Waals surface area contributed by atoms with Gasteiger partial charge in [-0.05, 0) is 29.4 Å². The Morgan fingerprint density at radius 1 is 1.21 bits per heavy atom. The SMILES string of the molecule is CCOc1ccc(C2C(C#N)=C(N)OC3=C2C(=O)CC(C)(C)C3)c2ccccc12. The van der Waals surface area contributed by atoms with Crippen molar-refractivity contribution in [2.24, 2.45) is 11.1 Å². The lowest BCUT2D eigenvalue weighted by Gasteiger charge is -2.37. The van der Waals surface area contributed by atoms with E-state index in [1.807, 2.05) is 57.2 Å². The zero-order chi connectivity index (χ0) is 20.8. The summed E-state index contributed by atoms with van der Waals surface area (Å²) >= 11 is 0. The van der Waals surface area contributed by atoms with Gasteiger partial charge in [-0.3, -0.25) is 4.79 Å². The van der Waals surface area contributed by atoms with Crippen molar-refractivity contribution in [3.8, 4) is 11.8 Å². The number of hydrogen-bond donors (Lipinski definition) is 1. The van der Waals surface area contributed by atoms with Gasteiger partial charge >= 0.3 is 0 Å². The summed E-state index contributed by atoms with van der Waals surface area (Å²) < 4.78 is 11.6. The van der Waals surface area contributed by atoms with Gasteiger partial charge in [0.1, 0.15) is 23.2 Å². The van der Waals surface area contributed by atoms with Crippen LogP contribution in [-0.2, 0) is 9.53 Å². The Labute approximate surface area is 170 Å². The Kier molecular flexibility index (Phi) is 4.58. The third kappa shape index (κ3) is 3.15. The van der Waals surface area contributed by atoms with Gasteiger partial charge in [-0.15, -0.1) is 0 Å². The van der Waals surface area contributed by atoms with Crippen molar-refractivity contribution in [1.82, 2.24) is 0 Å². The number of ketones is 1. The van der Waals surface area contributed by atoms with Crippen LogP contribution < -0.4 is 10.5 Å². The number of nitrogens with zero attached hydrogens (tertiary/aromatic N) is 1. The van der Waals surface area contributed by atoms with Gasteiger partial charge in [-0.25, -0.2) is 0 Å². The molecule has 0 bridgehead atoms. The summed E-state index contributed by atoms with van der Waals surface area (Å²) in [6, 6.07) is 13.9. The number of hydrogen-bond acceptors (Lipinski definition) is 5. The number of fused-ring (bicyclic) bond motifs is 1. The van der Waals surface area contributed by atoms with Gasteiger partial charge in [0.05, 0.1) is 12.5 Å². The first-order valence-electron chi connectivity index (χ1n) is 9.84. The maximum absolute atomic E-state index is 13.2. The second-order valence-electron chi connectivity index (χ2n) is 8.33. The zero-order valence-electron chi connectivity index (χ0n) is 16.9. The van der Waals surface area contributed by atoms with E-state index in [-0.39, 0.29) is 22.7 Å². The van der Waals surface area contributed by atoms with Crippen LogP contribution in [0.25, 0.3) is 10.8 Å². The largest absolute Gasteiger partial charge is 0.493 e. The third-order valence-corrected chi connectivity index (χ3v) is 5.60. The predicted octanol–water partition coefficient (Wildman–Crippen LogP) is 4.69. The van der Waals surface area contributed by atoms with Gasteiger partial charge in [0.25, 0.3) is 0 Å². The third-order valence-electron chi connectivity index (χ3n) is 5.60. The van der Waals surface area contributed by atoms with E-state index in [1.165, 1.54) is 0 Å². The Bertz CT molecular complexity index is 1120. The first kappa shape index (κ1) is 19.1. The minimum Gasteiger partial charge on any atom is -0.493 e. The maximum Gasteiger partial charge on any atom is 0.205 e. The monoisotopic (exact) mass is 388 g/mol. The molecule has 1 unspecified atom stereocenters. The summed E-state index contributed by atoms with van der Waals surface area (Å²) in [5.41, 5.74) is 7.65. The van der Waals surface area contributed by atoms with Gasteiger partial charge in [0.2, 0.25) is 5.88 Å². The summed E-state index contributed by atoms with van der Waals surface area (Å²) in [5, 5.41) is 11.7. The molecule has 2 aromatic rings. The zero-order valence-corrected chi connectivity index (χ0v) is 16.9. The highest BCUT2D eigenvalue weighted by Gasteiger charge is 2.43. The lowest BCUT2D eigenvalue weighted by atomic mass is 9.70. The molecule has 29 heavy (non-hydrogen) atoms. The molecule has 2 N–H and O–H groups in total. The second kappa shape index (κ2) is 6.97. The summed E-state index contributed by atoms with van der Waals surface area (Å²) in [7, 11) is 0. The summed E-state index contributed by atoms with van der Waals surface area (Å²) in [6.07, 6.45) is 1.03. The van der Waals surface area contributed by atoms with Crippen molar-refractivity contribution in [2.45, 2.75) is 39.5 Å². The van der Waals surface area contributed by atoms with Crippen LogP contribution in [0.4, 0.5) is 0 Å². The molecule has 0 aromatic heterocycles. The topological polar surface area (TPSA) is 85.3 Å². The molecule has 1 atom stereocenters. The van der Waals surface area contributed by atoms with Crippen LogP contribution in [0.2, 0.25) is 0 Å². The number of allylic oxidation sites excluding steroid dienone is 3. The molecule has 0 saturated carbocycles. The molecule has 2 aliphatic rings. The molecular formula is C24H24N2O3. The number of carbonyl (C=O) groups is 1. The standard InChI is InChI=1S/C24H24N2O3/c1-4-28-19-10-9-16(14-7-5-6-8-15(14)19)21-17(13-25)23(26)29-20-12-24(2,3)11-18(27)22(20)21/h5-10,21H,4,11-12,26H2,1-3H3. The van der Waals surface area contributed by atoms with E-state index in [4.69, 9.17) is 15.2 Å². The first-order chi connectivity index (χ1) is 13.9. The second-order valence-corrected chi connectivity index (χ2v) is 8.33. The van der Waals surface area contributed by atoms with E-state index in [0.29, 0.717) is 30.8 Å². The van der Waals surface area contributed by atoms with Gasteiger partial charge in [0, 0.05) is 23.8 Å². The smallest absolute Gasteiger partial charge is 0.205 e. The van der Waals surface area contributed by atoms with Crippen LogP contribution in [0.15, 0.2) is 59.2 Å². The van der Waals surface area contributed by atoms with Crippen LogP contribution in [0.1, 0.15) is 45.1 Å². The Hall–Kier alpha value is -3.26. The Balaban J connectivity index is 1.98. The number of nitrogens with two attached hydrogens (primary N) is 1. The minimum absolute atomic E-state index is 0.0134. The van der Waals surface area contributed by atoms with Crippen molar-refractivity contribution in [3.05, 3.63) is 64.8 Å². The average molecular weight is 388 g/mol. The van der Waals surface area contributed by atoms with E-state index in [9.17, 15) is 10.1 Å². The Morgan fingerprint density at radius 2 is 1.93 bits per heavy atom. The normalized spacial score (nSPS) is 20.9. The number of carbonyl (C=O) groups excluding carboxylic acids is 1. The average Bonchev–Trinajstić information content (AvgIpc) is 2.66. The van der Waals surface area contributed by atoms with Gasteiger partial charge < -0.3 is 15.2 Å². The molecule has 0 radical (unpaired) electrons. The summed E-state index contributed by atoms with van der Waals surface area (Å²) in [5.74, 6) is 0.928. The molecular weight excluding hydrogens is 364 g/mol. The molecule has 2 aromatic carbocycles. The summed E-state index contributed by atoms with van der Waals surface area (Å²) in [6.45, 7) is 6.58. The van der Waals surface area contributed by atoms with Crippen molar-refractivity contribution >= 4 is 16.6 Å². The number of Topliss-reactive ketones (excluding diaryl/α,β-unsaturated/α-hetero) is 1. The number of nitriles is 1. The molecule has 1 heterocycles. The molecule has 5 heteroatoms. The molecule has 0 spiro atoms. The maximum atomic E-state index is 13.2. The lowest BCUT2D eigenvalue weighted by molar-refractivity contribution is -0.119. The molecule has 5 nitrogen and oxygen atoms in total. The molecule has 148 valence electrons. The van der Waals surface area contributed by atoms with E-state index in [0.717, 1.165) is 22.1 Å². The highest BCUT2D eigenvalue weighted by Crippen LogP contribution is 2.49. The van der Waals surface area contributed by atoms with Gasteiger partial charge in [0.15, 0.2) is 5.78 Å². The molecule has 0 saturated heterocycles. The Morgan fingerprint density at radius 3 is 2.62 bits per heavy atom. The van der Waals surface area contributed by atoms with Crippen LogP contribution in [-0.4, -0.2) is 12.4 Å². The molecule has 1 aliphatic heterocycles. The lowest BCUT2D eigenvalue weighted by Crippen LogP contribution is -2.33. The van der Waals surface area contributed by atoms with E-state index in [2.05, 4.69) is 6.07 Å². The van der Waals surface area contributed by atoms with Crippen LogP contribution in [0.3, 0.4) is 0 Å². The van der Waals surface area contributed by atoms with Crippen molar-refractivity contribution in [2.75, 3.05) is 6.61 Å². The molecule has 1 aliphatic carbocycles. The van der Waals surface area contributed by atoms with E-state index >= 15 is 0 Å². The number of benzene rings is 2. The van der Waals surface area contributed by atoms with Gasteiger partial charge in [-0.1, -0.05) is 44.2 Å². The predicted molar refractivity (Wildman–Crippen MR) is 111 cm³/mol. The fourth-order valence-electron chi connectivity index (χ4n) is 4.42.